The number of rotatable bonds is 7. The summed E-state index contributed by atoms with van der Waals surface area (Å²) < 4.78 is 42.5. The highest BCUT2D eigenvalue weighted by Gasteiger charge is 2.47. The molecule has 29 heavy (non-hydrogen) atoms. The fourth-order valence-corrected chi connectivity index (χ4v) is 4.39. The third kappa shape index (κ3) is 4.73. The highest BCUT2D eigenvalue weighted by atomic mass is 31.3. The van der Waals surface area contributed by atoms with Crippen LogP contribution in [0.3, 0.4) is 0 Å². The van der Waals surface area contributed by atoms with E-state index in [1.165, 1.54) is 18.0 Å². The lowest BCUT2D eigenvalue weighted by atomic mass is 10.1. The number of methoxy groups -OCH3 is 1. The number of fused-ring (bicyclic) bond motifs is 1. The number of nitrogen functional groups attached to an aromatic ring is 1. The molecule has 1 unspecified atom stereocenters. The number of nitrogens with zero attached hydrogens (tertiary/aromatic N) is 3. The molecule has 5 atom stereocenters. The van der Waals surface area contributed by atoms with Gasteiger partial charge >= 0.3 is 15.6 Å². The quantitative estimate of drug-likeness (QED) is 0.251. The molecule has 1 fully saturated rings. The van der Waals surface area contributed by atoms with E-state index >= 15 is 0 Å². The number of ether oxygens (including phenoxy) is 2. The van der Waals surface area contributed by atoms with Crippen LogP contribution in [-0.2, 0) is 27.4 Å². The first-order valence-electron chi connectivity index (χ1n) is 7.75. The highest BCUT2D eigenvalue weighted by molar-refractivity contribution is 7.60. The van der Waals surface area contributed by atoms with E-state index in [4.69, 9.17) is 25.0 Å². The van der Waals surface area contributed by atoms with Crippen LogP contribution in [-0.4, -0.2) is 71.3 Å². The second-order valence-corrected chi connectivity index (χ2v) is 8.70. The van der Waals surface area contributed by atoms with Gasteiger partial charge in [-0.25, -0.2) is 14.1 Å². The number of aromatic amines is 1. The molecule has 2 aromatic rings. The molecule has 2 aromatic heterocycles. The van der Waals surface area contributed by atoms with Gasteiger partial charge in [-0.1, -0.05) is 0 Å². The molecule has 0 saturated carbocycles. The summed E-state index contributed by atoms with van der Waals surface area (Å²) in [4.78, 5) is 48.6. The minimum atomic E-state index is -5.30. The average molecular weight is 457 g/mol. The van der Waals surface area contributed by atoms with Gasteiger partial charge < -0.3 is 35.0 Å². The first-order chi connectivity index (χ1) is 13.4. The summed E-state index contributed by atoms with van der Waals surface area (Å²) in [6, 6.07) is 0. The average Bonchev–Trinajstić information content (AvgIpc) is 3.11. The standard InChI is InChI=1S/C11H17N5O11P2/c1-24-7-6(17)4(2-25-29(22,23)27-28(19,20)21)26-10(7)16-3-13-5-8(16)14-11(12)15-9(5)18/h3-4,6-7,10,17H,2H2,1H3,(H,22,23)(H2,19,20,21)(H3,12,14,15,18)/t4-,6+,7-,10-/m1/s1. The second kappa shape index (κ2) is 7.85. The molecule has 18 heteroatoms. The van der Waals surface area contributed by atoms with Gasteiger partial charge in [-0.3, -0.25) is 18.9 Å². The number of aliphatic hydroxyl groups excluding tert-OH is 1. The van der Waals surface area contributed by atoms with Crippen molar-refractivity contribution in [2.24, 2.45) is 0 Å². The van der Waals surface area contributed by atoms with E-state index in [1.807, 2.05) is 0 Å². The normalized spacial score (nSPS) is 27.3. The number of imidazole rings is 1. The number of anilines is 1. The van der Waals surface area contributed by atoms with E-state index in [1.54, 1.807) is 0 Å². The SMILES string of the molecule is CO[C@@H]1[C@@H](O)[C@@H](COP(=O)(O)OP(=O)(O)O)O[C@H]1n1cnc2c(=O)[nH]c(N)nc21. The van der Waals surface area contributed by atoms with Gasteiger partial charge in [-0.05, 0) is 0 Å². The molecule has 0 bridgehead atoms. The van der Waals surface area contributed by atoms with Crippen molar-refractivity contribution in [3.8, 4) is 0 Å². The molecule has 0 aliphatic carbocycles. The van der Waals surface area contributed by atoms with Gasteiger partial charge in [-0.15, -0.1) is 0 Å². The number of nitrogens with two attached hydrogens (primary N) is 1. The van der Waals surface area contributed by atoms with Crippen LogP contribution in [0.25, 0.3) is 11.2 Å². The van der Waals surface area contributed by atoms with Gasteiger partial charge in [0.1, 0.15) is 18.3 Å². The maximum Gasteiger partial charge on any atom is 0.481 e. The van der Waals surface area contributed by atoms with Crippen LogP contribution in [0.5, 0.6) is 0 Å². The van der Waals surface area contributed by atoms with Gasteiger partial charge in [0.2, 0.25) is 5.95 Å². The van der Waals surface area contributed by atoms with Crippen molar-refractivity contribution in [1.29, 1.82) is 0 Å². The highest BCUT2D eigenvalue weighted by Crippen LogP contribution is 2.57. The van der Waals surface area contributed by atoms with Crippen molar-refractivity contribution < 1.29 is 47.2 Å². The third-order valence-corrected chi connectivity index (χ3v) is 6.07. The lowest BCUT2D eigenvalue weighted by Gasteiger charge is -2.19. The second-order valence-electron chi connectivity index (χ2n) is 5.87. The van der Waals surface area contributed by atoms with E-state index in [0.29, 0.717) is 0 Å². The first kappa shape index (κ1) is 22.0. The molecule has 0 amide bonds. The first-order valence-corrected chi connectivity index (χ1v) is 10.8. The van der Waals surface area contributed by atoms with Crippen LogP contribution in [0.15, 0.2) is 11.1 Å². The van der Waals surface area contributed by atoms with Crippen LogP contribution >= 0.6 is 15.6 Å². The lowest BCUT2D eigenvalue weighted by molar-refractivity contribution is -0.0577. The van der Waals surface area contributed by atoms with E-state index in [9.17, 15) is 23.9 Å². The smallest absolute Gasteiger partial charge is 0.387 e. The summed E-state index contributed by atoms with van der Waals surface area (Å²) in [6.45, 7) is -0.784. The van der Waals surface area contributed by atoms with Crippen molar-refractivity contribution in [2.45, 2.75) is 24.5 Å². The Hall–Kier alpha value is -1.71. The molecule has 7 N–H and O–H groups in total. The number of hydrogen-bond donors (Lipinski definition) is 6. The minimum absolute atomic E-state index is 0.0322. The summed E-state index contributed by atoms with van der Waals surface area (Å²) >= 11 is 0. The van der Waals surface area contributed by atoms with E-state index in [2.05, 4.69) is 23.8 Å². The van der Waals surface area contributed by atoms with Crippen LogP contribution in [0.2, 0.25) is 0 Å². The fourth-order valence-electron chi connectivity index (χ4n) is 2.79. The Morgan fingerprint density at radius 2 is 2.07 bits per heavy atom. The summed E-state index contributed by atoms with van der Waals surface area (Å²) in [5, 5.41) is 10.4. The molecule has 0 spiro atoms. The Morgan fingerprint density at radius 1 is 1.38 bits per heavy atom. The van der Waals surface area contributed by atoms with Crippen LogP contribution < -0.4 is 11.3 Å². The summed E-state index contributed by atoms with van der Waals surface area (Å²) in [6.07, 6.45) is -3.63. The Bertz CT molecular complexity index is 1050. The molecule has 162 valence electrons. The molecule has 1 aliphatic heterocycles. The largest absolute Gasteiger partial charge is 0.481 e. The van der Waals surface area contributed by atoms with E-state index < -0.39 is 52.4 Å². The fraction of sp³-hybridized carbons (Fsp3) is 0.545. The van der Waals surface area contributed by atoms with Crippen molar-refractivity contribution in [3.63, 3.8) is 0 Å². The van der Waals surface area contributed by atoms with Gasteiger partial charge in [0.15, 0.2) is 17.4 Å². The number of hydrogen-bond acceptors (Lipinski definition) is 11. The monoisotopic (exact) mass is 457 g/mol. The molecule has 16 nitrogen and oxygen atoms in total. The van der Waals surface area contributed by atoms with Crippen molar-refractivity contribution in [1.82, 2.24) is 19.5 Å². The molecular formula is C11H17N5O11P2. The number of aliphatic hydroxyl groups is 1. The minimum Gasteiger partial charge on any atom is -0.387 e. The number of phosphoric ester groups is 1. The van der Waals surface area contributed by atoms with E-state index in [-0.39, 0.29) is 17.1 Å². The molecule has 1 saturated heterocycles. The van der Waals surface area contributed by atoms with Gasteiger partial charge in [-0.2, -0.15) is 9.29 Å². The van der Waals surface area contributed by atoms with Crippen LogP contribution in [0.4, 0.5) is 5.95 Å². The zero-order valence-corrected chi connectivity index (χ0v) is 16.3. The number of nitrogens with one attached hydrogen (secondary N) is 1. The Labute approximate surface area is 161 Å². The van der Waals surface area contributed by atoms with Crippen molar-refractivity contribution in [2.75, 3.05) is 19.5 Å². The maximum atomic E-state index is 11.9. The number of H-pyrrole nitrogens is 1. The zero-order chi connectivity index (χ0) is 21.6. The lowest BCUT2D eigenvalue weighted by Crippen LogP contribution is -2.35. The maximum absolute atomic E-state index is 11.9. The van der Waals surface area contributed by atoms with Gasteiger partial charge in [0.05, 0.1) is 12.9 Å². The van der Waals surface area contributed by atoms with Crippen LogP contribution in [0.1, 0.15) is 6.23 Å². The molecule has 0 radical (unpaired) electrons. The van der Waals surface area contributed by atoms with Crippen LogP contribution in [0, 0.1) is 0 Å². The number of phosphoric acid groups is 2. The third-order valence-electron chi connectivity index (χ3n) is 3.92. The topological polar surface area (TPSA) is 242 Å². The number of aromatic nitrogens is 4. The van der Waals surface area contributed by atoms with Gasteiger partial charge in [0.25, 0.3) is 5.56 Å². The molecule has 0 aromatic carbocycles. The molecule has 3 heterocycles. The predicted octanol–water partition coefficient (Wildman–Crippen LogP) is -1.80. The summed E-state index contributed by atoms with van der Waals surface area (Å²) in [7, 11) is -9.18. The summed E-state index contributed by atoms with van der Waals surface area (Å²) in [5.41, 5.74) is 4.91. The zero-order valence-electron chi connectivity index (χ0n) is 14.6. The predicted molar refractivity (Wildman–Crippen MR) is 92.2 cm³/mol. The molecule has 3 rings (SSSR count). The van der Waals surface area contributed by atoms with Crippen molar-refractivity contribution >= 4 is 32.8 Å². The van der Waals surface area contributed by atoms with Gasteiger partial charge in [0, 0.05) is 7.11 Å². The molecule has 1 aliphatic rings. The molecular weight excluding hydrogens is 440 g/mol. The Balaban J connectivity index is 1.83. The van der Waals surface area contributed by atoms with E-state index in [0.717, 1.165) is 0 Å². The Kier molecular flexibility index (Phi) is 5.95. The summed E-state index contributed by atoms with van der Waals surface area (Å²) in [5.74, 6) is -0.188. The Morgan fingerprint density at radius 3 is 2.69 bits per heavy atom. The van der Waals surface area contributed by atoms with Crippen molar-refractivity contribution in [3.05, 3.63) is 16.7 Å².